The summed E-state index contributed by atoms with van der Waals surface area (Å²) in [5, 5.41) is 15.8. The van der Waals surface area contributed by atoms with E-state index in [0.717, 1.165) is 53.9 Å². The van der Waals surface area contributed by atoms with Gasteiger partial charge >= 0.3 is 11.9 Å². The molecule has 1 aromatic heterocycles. The Kier molecular flexibility index (Phi) is 9.65. The molecule has 212 valence electrons. The lowest BCUT2D eigenvalue weighted by molar-refractivity contribution is -0.159. The topological polar surface area (TPSA) is 133 Å². The lowest BCUT2D eigenvalue weighted by Crippen LogP contribution is -2.52. The van der Waals surface area contributed by atoms with E-state index in [4.69, 9.17) is 24.5 Å². The molecule has 2 aliphatic rings. The van der Waals surface area contributed by atoms with E-state index in [1.807, 2.05) is 48.3 Å². The second-order valence-corrected chi connectivity index (χ2v) is 9.74. The Labute approximate surface area is 232 Å². The molecule has 0 bridgehead atoms. The summed E-state index contributed by atoms with van der Waals surface area (Å²) in [6, 6.07) is 18.3. The van der Waals surface area contributed by atoms with Crippen molar-refractivity contribution in [3.63, 3.8) is 0 Å². The van der Waals surface area contributed by atoms with Crippen molar-refractivity contribution in [2.24, 2.45) is 7.05 Å². The average Bonchev–Trinajstić information content (AvgIpc) is 3.27. The van der Waals surface area contributed by atoms with Gasteiger partial charge in [-0.25, -0.2) is 9.59 Å². The number of carboxylic acids is 2. The summed E-state index contributed by atoms with van der Waals surface area (Å²) in [4.78, 5) is 50.7. The molecule has 2 fully saturated rings. The number of piperazine rings is 1. The van der Waals surface area contributed by atoms with Crippen LogP contribution in [0.15, 0.2) is 54.6 Å². The fourth-order valence-electron chi connectivity index (χ4n) is 5.10. The molecule has 0 atom stereocenters. The number of aliphatic carboxylic acids is 2. The van der Waals surface area contributed by atoms with Gasteiger partial charge in [0.15, 0.2) is 5.78 Å². The number of benzene rings is 2. The molecule has 40 heavy (non-hydrogen) atoms. The maximum Gasteiger partial charge on any atom is 0.414 e. The molecule has 2 aliphatic heterocycles. The van der Waals surface area contributed by atoms with Gasteiger partial charge in [0, 0.05) is 57.2 Å². The van der Waals surface area contributed by atoms with Crippen LogP contribution in [0.1, 0.15) is 10.4 Å². The summed E-state index contributed by atoms with van der Waals surface area (Å²) in [6.45, 7) is 6.62. The Balaban J connectivity index is 0.000000557. The average molecular weight is 551 g/mol. The van der Waals surface area contributed by atoms with Crippen LogP contribution in [0, 0.1) is 0 Å². The van der Waals surface area contributed by atoms with Crippen LogP contribution in [0.3, 0.4) is 0 Å². The van der Waals surface area contributed by atoms with Crippen molar-refractivity contribution in [2.75, 3.05) is 65.6 Å². The maximum atomic E-state index is 13.7. The van der Waals surface area contributed by atoms with Crippen LogP contribution in [0.4, 0.5) is 0 Å². The van der Waals surface area contributed by atoms with Gasteiger partial charge in [-0.1, -0.05) is 48.5 Å². The minimum Gasteiger partial charge on any atom is -0.473 e. The smallest absolute Gasteiger partial charge is 0.414 e. The third-order valence-corrected chi connectivity index (χ3v) is 7.17. The number of amides is 1. The van der Waals surface area contributed by atoms with E-state index in [-0.39, 0.29) is 11.7 Å². The van der Waals surface area contributed by atoms with Crippen LogP contribution in [0.5, 0.6) is 0 Å². The zero-order valence-electron chi connectivity index (χ0n) is 22.5. The van der Waals surface area contributed by atoms with Gasteiger partial charge in [0.1, 0.15) is 0 Å². The summed E-state index contributed by atoms with van der Waals surface area (Å²) < 4.78 is 7.48. The summed E-state index contributed by atoms with van der Waals surface area (Å²) in [5.74, 6) is -3.32. The molecule has 3 aromatic rings. The number of carbonyl (C=O) groups excluding carboxylic acids is 2. The van der Waals surface area contributed by atoms with Crippen LogP contribution in [-0.2, 0) is 26.2 Å². The summed E-state index contributed by atoms with van der Waals surface area (Å²) in [5.41, 5.74) is 3.89. The first kappa shape index (κ1) is 28.9. The van der Waals surface area contributed by atoms with E-state index < -0.39 is 11.9 Å². The predicted molar refractivity (Wildman–Crippen MR) is 148 cm³/mol. The van der Waals surface area contributed by atoms with E-state index in [9.17, 15) is 9.59 Å². The first-order valence-electron chi connectivity index (χ1n) is 13.2. The SMILES string of the molecule is Cn1c(-c2ccccc2)c(C(=O)CN2CCN(CC(=O)N3CCOCC3)CC2)c2ccccc21.O=C(O)C(=O)O. The highest BCUT2D eigenvalue weighted by Crippen LogP contribution is 2.33. The number of Topliss-reactive ketones (excluding diaryl/α,β-unsaturated/α-hetero) is 1. The Morgan fingerprint density at radius 3 is 1.90 bits per heavy atom. The molecule has 0 aliphatic carbocycles. The number of ether oxygens (including phenoxy) is 1. The van der Waals surface area contributed by atoms with E-state index in [1.54, 1.807) is 0 Å². The Morgan fingerprint density at radius 1 is 0.750 bits per heavy atom. The van der Waals surface area contributed by atoms with Gasteiger partial charge < -0.3 is 24.4 Å². The van der Waals surface area contributed by atoms with Gasteiger partial charge in [-0.15, -0.1) is 0 Å². The minimum atomic E-state index is -1.82. The molecule has 2 saturated heterocycles. The molecule has 11 heteroatoms. The van der Waals surface area contributed by atoms with E-state index in [1.165, 1.54) is 0 Å². The lowest BCUT2D eigenvalue weighted by atomic mass is 10.0. The number of carboxylic acid groups (broad SMARTS) is 2. The van der Waals surface area contributed by atoms with Crippen LogP contribution in [0.2, 0.25) is 0 Å². The maximum absolute atomic E-state index is 13.7. The number of aryl methyl sites for hydroxylation is 1. The molecule has 3 heterocycles. The van der Waals surface area contributed by atoms with Crippen molar-refractivity contribution in [1.82, 2.24) is 19.3 Å². The van der Waals surface area contributed by atoms with E-state index >= 15 is 0 Å². The van der Waals surface area contributed by atoms with E-state index in [2.05, 4.69) is 32.6 Å². The number of ketones is 1. The third kappa shape index (κ3) is 6.92. The molecule has 0 saturated carbocycles. The number of carbonyl (C=O) groups is 4. The number of aromatic nitrogens is 1. The van der Waals surface area contributed by atoms with Crippen LogP contribution in [-0.4, -0.2) is 119 Å². The second-order valence-electron chi connectivity index (χ2n) is 9.74. The number of nitrogens with zero attached hydrogens (tertiary/aromatic N) is 4. The second kappa shape index (κ2) is 13.3. The summed E-state index contributed by atoms with van der Waals surface area (Å²) >= 11 is 0. The summed E-state index contributed by atoms with van der Waals surface area (Å²) in [7, 11) is 2.03. The molecule has 1 amide bonds. The molecule has 2 N–H and O–H groups in total. The van der Waals surface area contributed by atoms with Crippen LogP contribution >= 0.6 is 0 Å². The van der Waals surface area contributed by atoms with Gasteiger partial charge in [-0.05, 0) is 11.6 Å². The summed E-state index contributed by atoms with van der Waals surface area (Å²) in [6.07, 6.45) is 0. The Morgan fingerprint density at radius 2 is 1.30 bits per heavy atom. The molecule has 5 rings (SSSR count). The molecule has 0 spiro atoms. The zero-order valence-corrected chi connectivity index (χ0v) is 22.5. The van der Waals surface area contributed by atoms with Crippen molar-refractivity contribution >= 4 is 34.5 Å². The van der Waals surface area contributed by atoms with Crippen LogP contribution < -0.4 is 0 Å². The molecular formula is C29H34N4O7. The van der Waals surface area contributed by atoms with Gasteiger partial charge in [-0.3, -0.25) is 19.4 Å². The number of morpholine rings is 1. The van der Waals surface area contributed by atoms with Gasteiger partial charge in [0.25, 0.3) is 0 Å². The van der Waals surface area contributed by atoms with Crippen molar-refractivity contribution in [3.05, 3.63) is 60.2 Å². The standard InChI is InChI=1S/C27H32N4O3.C2H2O4/c1-28-23-10-6-5-9-22(23)26(27(28)21-7-3-2-4-8-21)24(32)19-29-11-13-30(14-12-29)20-25(33)31-15-17-34-18-16-31;3-1(4)2(5)6/h2-10H,11-20H2,1H3;(H,3,4)(H,5,6). The highest BCUT2D eigenvalue weighted by molar-refractivity contribution is 6.27. The van der Waals surface area contributed by atoms with Gasteiger partial charge in [0.05, 0.1) is 37.6 Å². The predicted octanol–water partition coefficient (Wildman–Crippen LogP) is 1.66. The number of hydrogen-bond donors (Lipinski definition) is 2. The zero-order chi connectivity index (χ0) is 28.6. The molecule has 11 nitrogen and oxygen atoms in total. The van der Waals surface area contributed by atoms with Gasteiger partial charge in [-0.2, -0.15) is 0 Å². The number of hydrogen-bond acceptors (Lipinski definition) is 7. The van der Waals surface area contributed by atoms with Crippen molar-refractivity contribution in [1.29, 1.82) is 0 Å². The van der Waals surface area contributed by atoms with Gasteiger partial charge in [0.2, 0.25) is 5.91 Å². The van der Waals surface area contributed by atoms with Crippen molar-refractivity contribution < 1.29 is 34.1 Å². The first-order chi connectivity index (χ1) is 19.3. The van der Waals surface area contributed by atoms with E-state index in [0.29, 0.717) is 39.4 Å². The Bertz CT molecular complexity index is 1350. The highest BCUT2D eigenvalue weighted by Gasteiger charge is 2.27. The number of fused-ring (bicyclic) bond motifs is 1. The molecular weight excluding hydrogens is 516 g/mol. The molecule has 2 aromatic carbocycles. The highest BCUT2D eigenvalue weighted by atomic mass is 16.5. The third-order valence-electron chi connectivity index (χ3n) is 7.17. The first-order valence-corrected chi connectivity index (χ1v) is 13.2. The number of rotatable bonds is 6. The van der Waals surface area contributed by atoms with Crippen molar-refractivity contribution in [3.8, 4) is 11.3 Å². The number of para-hydroxylation sites is 1. The fourth-order valence-corrected chi connectivity index (χ4v) is 5.10. The largest absolute Gasteiger partial charge is 0.473 e. The Hall–Kier alpha value is -4.06. The monoisotopic (exact) mass is 550 g/mol. The quantitative estimate of drug-likeness (QED) is 0.347. The van der Waals surface area contributed by atoms with Crippen LogP contribution in [0.25, 0.3) is 22.2 Å². The van der Waals surface area contributed by atoms with Crippen molar-refractivity contribution in [2.45, 2.75) is 0 Å². The normalized spacial score (nSPS) is 16.3. The fraction of sp³-hybridized carbons (Fsp3) is 0.379. The lowest BCUT2D eigenvalue weighted by Gasteiger charge is -2.35. The molecule has 0 radical (unpaired) electrons. The molecule has 0 unspecified atom stereocenters. The minimum absolute atomic E-state index is 0.147.